The van der Waals surface area contributed by atoms with Gasteiger partial charge in [0.25, 0.3) is 0 Å². The van der Waals surface area contributed by atoms with Gasteiger partial charge in [0, 0.05) is 16.3 Å². The van der Waals surface area contributed by atoms with Gasteiger partial charge in [0.1, 0.15) is 12.4 Å². The number of hydrogen-bond donors (Lipinski definition) is 5. The number of hydrogen-bond acceptors (Lipinski definition) is 9. The number of phenolic OH excluding ortho intramolecular Hbond substituents is 1. The lowest BCUT2D eigenvalue weighted by atomic mass is 9.95. The molecule has 3 rings (SSSR count). The zero-order valence-electron chi connectivity index (χ0n) is 20.2. The van der Waals surface area contributed by atoms with E-state index in [0.29, 0.717) is 44.4 Å². The molecule has 2 atom stereocenters. The van der Waals surface area contributed by atoms with E-state index in [1.807, 2.05) is 0 Å². The number of amides is 2. The molecule has 0 bridgehead atoms. The highest BCUT2D eigenvalue weighted by Crippen LogP contribution is 2.35. The number of aliphatic hydroxyl groups is 1. The maximum Gasteiger partial charge on any atom is 0.337 e. The Labute approximate surface area is 226 Å². The van der Waals surface area contributed by atoms with Crippen LogP contribution >= 0.6 is 27.5 Å². The van der Waals surface area contributed by atoms with Crippen LogP contribution in [-0.2, 0) is 9.53 Å². The van der Waals surface area contributed by atoms with E-state index in [2.05, 4.69) is 37.1 Å². The number of ether oxygens (including phenoxy) is 3. The molecule has 11 nitrogen and oxygen atoms in total. The van der Waals surface area contributed by atoms with Crippen molar-refractivity contribution < 1.29 is 34.0 Å². The Kier molecular flexibility index (Phi) is 9.61. The second kappa shape index (κ2) is 12.7. The molecule has 0 aromatic heterocycles. The molecule has 37 heavy (non-hydrogen) atoms. The first kappa shape index (κ1) is 28.1. The lowest BCUT2D eigenvalue weighted by molar-refractivity contribution is -0.136. The van der Waals surface area contributed by atoms with Gasteiger partial charge >= 0.3 is 12.0 Å². The van der Waals surface area contributed by atoms with Crippen LogP contribution in [0.5, 0.6) is 17.2 Å². The van der Waals surface area contributed by atoms with Crippen LogP contribution in [0.1, 0.15) is 31.0 Å². The van der Waals surface area contributed by atoms with E-state index in [9.17, 15) is 19.8 Å². The summed E-state index contributed by atoms with van der Waals surface area (Å²) in [5.41, 5.74) is 4.05. The smallest absolute Gasteiger partial charge is 0.337 e. The van der Waals surface area contributed by atoms with Crippen LogP contribution in [0.4, 0.5) is 4.79 Å². The molecule has 1 aliphatic heterocycles. The highest BCUT2D eigenvalue weighted by molar-refractivity contribution is 9.10. The van der Waals surface area contributed by atoms with Crippen LogP contribution in [-0.4, -0.2) is 55.0 Å². The van der Waals surface area contributed by atoms with Crippen LogP contribution in [0.2, 0.25) is 5.02 Å². The average molecular weight is 598 g/mol. The van der Waals surface area contributed by atoms with Gasteiger partial charge in [-0.05, 0) is 59.6 Å². The Morgan fingerprint density at radius 2 is 2.05 bits per heavy atom. The van der Waals surface area contributed by atoms with Gasteiger partial charge in [0.15, 0.2) is 17.7 Å². The Morgan fingerprint density at radius 3 is 2.76 bits per heavy atom. The summed E-state index contributed by atoms with van der Waals surface area (Å²) in [7, 11) is 1.26. The summed E-state index contributed by atoms with van der Waals surface area (Å²) in [5.74, 6) is 0.0421. The largest absolute Gasteiger partial charge is 0.506 e. The van der Waals surface area contributed by atoms with Crippen molar-refractivity contribution in [3.63, 3.8) is 0 Å². The second-order valence-electron chi connectivity index (χ2n) is 7.74. The fraction of sp³-hybridized carbons (Fsp3) is 0.292. The lowest BCUT2D eigenvalue weighted by Crippen LogP contribution is -2.45. The monoisotopic (exact) mass is 596 g/mol. The number of nitrogens with zero attached hydrogens (tertiary/aromatic N) is 1. The Morgan fingerprint density at radius 1 is 1.30 bits per heavy atom. The third-order valence-electron chi connectivity index (χ3n) is 5.16. The number of methoxy groups -OCH3 is 1. The molecule has 0 spiro atoms. The molecule has 13 heteroatoms. The minimum atomic E-state index is -1.20. The first-order chi connectivity index (χ1) is 17.6. The van der Waals surface area contributed by atoms with Crippen molar-refractivity contribution in [3.8, 4) is 17.2 Å². The van der Waals surface area contributed by atoms with Crippen LogP contribution in [0.25, 0.3) is 0 Å². The number of benzene rings is 2. The van der Waals surface area contributed by atoms with Crippen molar-refractivity contribution in [3.05, 3.63) is 62.2 Å². The number of nitrogens with one attached hydrogen (secondary N) is 3. The number of urea groups is 1. The van der Waals surface area contributed by atoms with Crippen molar-refractivity contribution in [2.45, 2.75) is 26.1 Å². The number of carbonyl (C=O) groups excluding carboxylic acids is 2. The third-order valence-corrected chi connectivity index (χ3v) is 5.98. The van der Waals surface area contributed by atoms with Crippen LogP contribution < -0.4 is 25.5 Å². The number of aliphatic hydroxyl groups excluding tert-OH is 1. The van der Waals surface area contributed by atoms with Crippen LogP contribution in [0.15, 0.2) is 51.2 Å². The SMILES string of the molecule is CCOc1cc([C@H]2NC(=O)NC(C)=C2C(=O)OC)ccc1OC[C@@H](O)N/N=C\c1cc(Cl)cc(Br)c1O. The Bertz CT molecular complexity index is 1240. The Balaban J connectivity index is 1.72. The van der Waals surface area contributed by atoms with Gasteiger partial charge in [-0.3, -0.25) is 5.43 Å². The summed E-state index contributed by atoms with van der Waals surface area (Å²) in [5, 5.41) is 29.9. The summed E-state index contributed by atoms with van der Waals surface area (Å²) < 4.78 is 16.7. The quantitative estimate of drug-likeness (QED) is 0.121. The Hall–Kier alpha value is -3.48. The highest BCUT2D eigenvalue weighted by Gasteiger charge is 2.32. The van der Waals surface area contributed by atoms with E-state index in [0.717, 1.165) is 0 Å². The number of rotatable bonds is 10. The van der Waals surface area contributed by atoms with E-state index < -0.39 is 24.3 Å². The topological polar surface area (TPSA) is 151 Å². The van der Waals surface area contributed by atoms with Gasteiger partial charge in [-0.25, -0.2) is 9.59 Å². The number of allylic oxidation sites excluding steroid dienone is 1. The van der Waals surface area contributed by atoms with E-state index in [1.54, 1.807) is 38.1 Å². The molecule has 0 fully saturated rings. The predicted octanol–water partition coefficient (Wildman–Crippen LogP) is 3.33. The summed E-state index contributed by atoms with van der Waals surface area (Å²) in [6, 6.07) is 6.75. The lowest BCUT2D eigenvalue weighted by Gasteiger charge is -2.28. The predicted molar refractivity (Wildman–Crippen MR) is 140 cm³/mol. The number of aromatic hydroxyl groups is 1. The molecule has 198 valence electrons. The number of halogens is 2. The number of esters is 1. The first-order valence-electron chi connectivity index (χ1n) is 11.0. The molecule has 2 aromatic carbocycles. The maximum atomic E-state index is 12.4. The average Bonchev–Trinajstić information content (AvgIpc) is 2.85. The fourth-order valence-corrected chi connectivity index (χ4v) is 4.33. The minimum absolute atomic E-state index is 0.0486. The van der Waals surface area contributed by atoms with Gasteiger partial charge in [-0.1, -0.05) is 17.7 Å². The number of hydrazone groups is 1. The zero-order valence-corrected chi connectivity index (χ0v) is 22.5. The van der Waals surface area contributed by atoms with E-state index >= 15 is 0 Å². The van der Waals surface area contributed by atoms with Gasteiger partial charge in [-0.2, -0.15) is 5.10 Å². The summed E-state index contributed by atoms with van der Waals surface area (Å²) in [4.78, 5) is 24.4. The number of carbonyl (C=O) groups is 2. The number of phenols is 1. The molecule has 1 aliphatic rings. The molecule has 1 heterocycles. The third kappa shape index (κ3) is 7.06. The molecular weight excluding hydrogens is 572 g/mol. The first-order valence-corrected chi connectivity index (χ1v) is 12.2. The summed E-state index contributed by atoms with van der Waals surface area (Å²) in [6.07, 6.45) is 0.104. The van der Waals surface area contributed by atoms with Crippen molar-refractivity contribution >= 4 is 45.7 Å². The second-order valence-corrected chi connectivity index (χ2v) is 9.03. The molecule has 0 saturated carbocycles. The van der Waals surface area contributed by atoms with Gasteiger partial charge in [-0.15, -0.1) is 0 Å². The maximum absolute atomic E-state index is 12.4. The van der Waals surface area contributed by atoms with Crippen molar-refractivity contribution in [2.75, 3.05) is 20.3 Å². The minimum Gasteiger partial charge on any atom is -0.506 e. The molecule has 5 N–H and O–H groups in total. The normalized spacial score (nSPS) is 16.2. The van der Waals surface area contributed by atoms with Crippen LogP contribution in [0.3, 0.4) is 0 Å². The fourth-order valence-electron chi connectivity index (χ4n) is 3.50. The van der Waals surface area contributed by atoms with E-state index in [4.69, 9.17) is 25.8 Å². The van der Waals surface area contributed by atoms with Gasteiger partial charge < -0.3 is 35.1 Å². The highest BCUT2D eigenvalue weighted by atomic mass is 79.9. The van der Waals surface area contributed by atoms with Crippen LogP contribution in [0, 0.1) is 0 Å². The molecular formula is C24H26BrClN4O7. The van der Waals surface area contributed by atoms with E-state index in [-0.39, 0.29) is 17.9 Å². The van der Waals surface area contributed by atoms with E-state index in [1.165, 1.54) is 19.4 Å². The summed E-state index contributed by atoms with van der Waals surface area (Å²) in [6.45, 7) is 3.53. The molecule has 0 saturated heterocycles. The van der Waals surface area contributed by atoms with Gasteiger partial charge in [0.2, 0.25) is 0 Å². The molecule has 0 unspecified atom stereocenters. The standard InChI is InChI=1S/C24H26BrClN4O7/c1-4-36-18-8-13(21-20(23(33)35-3)12(2)28-24(34)29-21)5-6-17(18)37-11-19(31)30-27-10-14-7-15(26)9-16(25)22(14)32/h5-10,19,21,30-32H,4,11H2,1-3H3,(H2,28,29,34)/b27-10-/t19-,21-/m1/s1. The summed E-state index contributed by atoms with van der Waals surface area (Å²) >= 11 is 9.17. The van der Waals surface area contributed by atoms with Crippen molar-refractivity contribution in [1.29, 1.82) is 0 Å². The molecule has 0 radical (unpaired) electrons. The van der Waals surface area contributed by atoms with Gasteiger partial charge in [0.05, 0.1) is 36.0 Å². The molecule has 0 aliphatic carbocycles. The molecule has 2 aromatic rings. The van der Waals surface area contributed by atoms with Crippen molar-refractivity contribution in [1.82, 2.24) is 16.1 Å². The zero-order chi connectivity index (χ0) is 27.1. The van der Waals surface area contributed by atoms with Crippen molar-refractivity contribution in [2.24, 2.45) is 5.10 Å². The molecule has 2 amide bonds.